The predicted octanol–water partition coefficient (Wildman–Crippen LogP) is 4.35. The minimum Gasteiger partial charge on any atom is -0.449 e. The lowest BCUT2D eigenvalue weighted by Crippen LogP contribution is -2.29. The van der Waals surface area contributed by atoms with Gasteiger partial charge in [0, 0.05) is 23.4 Å². The molecule has 0 radical (unpaired) electrons. The van der Waals surface area contributed by atoms with Crippen molar-refractivity contribution in [2.45, 2.75) is 26.9 Å². The summed E-state index contributed by atoms with van der Waals surface area (Å²) >= 11 is 0. The Bertz CT molecular complexity index is 1140. The van der Waals surface area contributed by atoms with Crippen LogP contribution in [0, 0.1) is 25.5 Å². The maximum atomic E-state index is 13.7. The van der Waals surface area contributed by atoms with Crippen LogP contribution in [0.1, 0.15) is 23.9 Å². The number of hydrogen-bond acceptors (Lipinski definition) is 4. The lowest BCUT2D eigenvalue weighted by molar-refractivity contribution is -0.148. The Morgan fingerprint density at radius 2 is 1.84 bits per heavy atom. The number of nitrogens with one attached hydrogen (secondary N) is 1. The fourth-order valence-corrected chi connectivity index (χ4v) is 2.96. The number of carbonyl (C=O) groups is 2. The van der Waals surface area contributed by atoms with E-state index < -0.39 is 29.6 Å². The average molecular weight is 425 g/mol. The van der Waals surface area contributed by atoms with E-state index in [0.29, 0.717) is 6.07 Å². The van der Waals surface area contributed by atoms with Gasteiger partial charge in [-0.15, -0.1) is 0 Å². The second-order valence-corrected chi connectivity index (χ2v) is 6.86. The lowest BCUT2D eigenvalue weighted by atomic mass is 10.2. The minimum absolute atomic E-state index is 0.204. The molecule has 8 heteroatoms. The number of benzene rings is 2. The van der Waals surface area contributed by atoms with E-state index in [2.05, 4.69) is 10.4 Å². The number of nitrogens with zero attached hydrogens (tertiary/aromatic N) is 2. The summed E-state index contributed by atoms with van der Waals surface area (Å²) in [5.41, 5.74) is 3.01. The van der Waals surface area contributed by atoms with Gasteiger partial charge in [-0.1, -0.05) is 18.2 Å². The molecule has 0 aliphatic carbocycles. The molecule has 0 spiro atoms. The Kier molecular flexibility index (Phi) is 6.59. The second kappa shape index (κ2) is 9.34. The largest absolute Gasteiger partial charge is 0.449 e. The summed E-state index contributed by atoms with van der Waals surface area (Å²) in [6.45, 7) is 5.06. The molecule has 1 amide bonds. The molecule has 0 aliphatic heterocycles. The van der Waals surface area contributed by atoms with E-state index >= 15 is 0 Å². The number of para-hydroxylation sites is 1. The van der Waals surface area contributed by atoms with Crippen molar-refractivity contribution in [1.82, 2.24) is 9.78 Å². The Hall–Kier alpha value is -3.81. The van der Waals surface area contributed by atoms with Gasteiger partial charge in [0.1, 0.15) is 11.6 Å². The Morgan fingerprint density at radius 1 is 1.13 bits per heavy atom. The first kappa shape index (κ1) is 21.9. The van der Waals surface area contributed by atoms with Gasteiger partial charge >= 0.3 is 5.97 Å². The third-order valence-electron chi connectivity index (χ3n) is 4.59. The van der Waals surface area contributed by atoms with Gasteiger partial charge in [-0.3, -0.25) is 4.79 Å². The van der Waals surface area contributed by atoms with E-state index in [9.17, 15) is 18.4 Å². The zero-order valence-corrected chi connectivity index (χ0v) is 17.2. The van der Waals surface area contributed by atoms with Gasteiger partial charge < -0.3 is 10.1 Å². The van der Waals surface area contributed by atoms with Gasteiger partial charge in [0.15, 0.2) is 6.10 Å². The normalized spacial score (nSPS) is 12.0. The van der Waals surface area contributed by atoms with Crippen molar-refractivity contribution in [2.75, 3.05) is 5.32 Å². The maximum absolute atomic E-state index is 13.7. The van der Waals surface area contributed by atoms with E-state index in [1.165, 1.54) is 13.0 Å². The van der Waals surface area contributed by atoms with Crippen molar-refractivity contribution in [2.24, 2.45) is 0 Å². The summed E-state index contributed by atoms with van der Waals surface area (Å²) in [4.78, 5) is 24.3. The van der Waals surface area contributed by atoms with Crippen LogP contribution >= 0.6 is 0 Å². The molecule has 0 saturated carbocycles. The molecule has 6 nitrogen and oxygen atoms in total. The molecule has 3 aromatic rings. The molecule has 3 rings (SSSR count). The molecule has 0 fully saturated rings. The van der Waals surface area contributed by atoms with Crippen molar-refractivity contribution < 1.29 is 23.1 Å². The summed E-state index contributed by atoms with van der Waals surface area (Å²) in [5, 5.41) is 6.76. The topological polar surface area (TPSA) is 73.2 Å². The highest BCUT2D eigenvalue weighted by molar-refractivity contribution is 5.96. The lowest BCUT2D eigenvalue weighted by Gasteiger charge is -2.12. The SMILES string of the molecule is Cc1nn(-c2ccccc2)c(C)c1/C=C/C(=O)OC(C)C(=O)Nc1ccc(F)cc1F. The van der Waals surface area contributed by atoms with Gasteiger partial charge in [0.05, 0.1) is 17.1 Å². The number of hydrogen-bond donors (Lipinski definition) is 1. The number of esters is 1. The Balaban J connectivity index is 1.65. The summed E-state index contributed by atoms with van der Waals surface area (Å²) in [6, 6.07) is 12.3. The van der Waals surface area contributed by atoms with E-state index in [4.69, 9.17) is 4.74 Å². The summed E-state index contributed by atoms with van der Waals surface area (Å²) in [6.07, 6.45) is 1.59. The minimum atomic E-state index is -1.18. The van der Waals surface area contributed by atoms with Gasteiger partial charge in [-0.2, -0.15) is 5.10 Å². The second-order valence-electron chi connectivity index (χ2n) is 6.86. The van der Waals surface area contributed by atoms with Crippen LogP contribution in [-0.2, 0) is 14.3 Å². The number of amides is 1. The maximum Gasteiger partial charge on any atom is 0.331 e. The molecular formula is C23H21F2N3O3. The van der Waals surface area contributed by atoms with E-state index in [-0.39, 0.29) is 5.69 Å². The van der Waals surface area contributed by atoms with E-state index in [1.807, 2.05) is 44.2 Å². The highest BCUT2D eigenvalue weighted by Gasteiger charge is 2.19. The van der Waals surface area contributed by atoms with Crippen LogP contribution < -0.4 is 5.32 Å². The molecule has 160 valence electrons. The van der Waals surface area contributed by atoms with Crippen LogP contribution in [0.3, 0.4) is 0 Å². The number of anilines is 1. The highest BCUT2D eigenvalue weighted by Crippen LogP contribution is 2.19. The molecule has 0 bridgehead atoms. The molecular weight excluding hydrogens is 404 g/mol. The molecule has 1 N–H and O–H groups in total. The molecule has 1 aromatic heterocycles. The fourth-order valence-electron chi connectivity index (χ4n) is 2.96. The number of aryl methyl sites for hydroxylation is 1. The molecule has 1 atom stereocenters. The third-order valence-corrected chi connectivity index (χ3v) is 4.59. The highest BCUT2D eigenvalue weighted by atomic mass is 19.1. The number of ether oxygens (including phenoxy) is 1. The van der Waals surface area contributed by atoms with Crippen molar-refractivity contribution in [3.05, 3.63) is 83.2 Å². The van der Waals surface area contributed by atoms with Gasteiger partial charge in [-0.05, 0) is 51.1 Å². The summed E-state index contributed by atoms with van der Waals surface area (Å²) in [7, 11) is 0. The zero-order chi connectivity index (χ0) is 22.5. The zero-order valence-electron chi connectivity index (χ0n) is 17.2. The van der Waals surface area contributed by atoms with Gasteiger partial charge in [0.25, 0.3) is 5.91 Å². The van der Waals surface area contributed by atoms with Crippen LogP contribution in [0.15, 0.2) is 54.6 Å². The first-order valence-corrected chi connectivity index (χ1v) is 9.52. The Labute approximate surface area is 178 Å². The number of halogens is 2. The first-order valence-electron chi connectivity index (χ1n) is 9.52. The van der Waals surface area contributed by atoms with Crippen LogP contribution in [0.2, 0.25) is 0 Å². The van der Waals surface area contributed by atoms with Crippen molar-refractivity contribution in [1.29, 1.82) is 0 Å². The monoisotopic (exact) mass is 425 g/mol. The molecule has 1 unspecified atom stereocenters. The molecule has 31 heavy (non-hydrogen) atoms. The predicted molar refractivity (Wildman–Crippen MR) is 113 cm³/mol. The quantitative estimate of drug-likeness (QED) is 0.471. The number of rotatable bonds is 6. The number of carbonyl (C=O) groups excluding carboxylic acids is 2. The van der Waals surface area contributed by atoms with E-state index in [1.54, 1.807) is 10.8 Å². The molecule has 0 aliphatic rings. The third kappa shape index (κ3) is 5.22. The molecule has 1 heterocycles. The van der Waals surface area contributed by atoms with Crippen LogP contribution in [-0.4, -0.2) is 27.8 Å². The Morgan fingerprint density at radius 3 is 2.52 bits per heavy atom. The van der Waals surface area contributed by atoms with Crippen LogP contribution in [0.25, 0.3) is 11.8 Å². The summed E-state index contributed by atoms with van der Waals surface area (Å²) in [5.74, 6) is -3.17. The smallest absolute Gasteiger partial charge is 0.331 e. The van der Waals surface area contributed by atoms with Crippen molar-refractivity contribution in [3.8, 4) is 5.69 Å². The van der Waals surface area contributed by atoms with Crippen molar-refractivity contribution in [3.63, 3.8) is 0 Å². The standard InChI is InChI=1S/C23H21F2N3O3/c1-14-19(15(2)28(27-14)18-7-5-4-6-8-18)10-12-22(29)31-16(3)23(30)26-21-11-9-17(24)13-20(21)25/h4-13,16H,1-3H3,(H,26,30)/b12-10+. The summed E-state index contributed by atoms with van der Waals surface area (Å²) < 4.78 is 33.5. The average Bonchev–Trinajstić information content (AvgIpc) is 3.02. The number of aromatic nitrogens is 2. The van der Waals surface area contributed by atoms with Gasteiger partial charge in [-0.25, -0.2) is 18.3 Å². The first-order chi connectivity index (χ1) is 14.8. The fraction of sp³-hybridized carbons (Fsp3) is 0.174. The molecule has 0 saturated heterocycles. The van der Waals surface area contributed by atoms with Gasteiger partial charge in [0.2, 0.25) is 0 Å². The van der Waals surface area contributed by atoms with Crippen molar-refractivity contribution >= 4 is 23.6 Å². The van der Waals surface area contributed by atoms with Crippen LogP contribution in [0.4, 0.5) is 14.5 Å². The van der Waals surface area contributed by atoms with Crippen LogP contribution in [0.5, 0.6) is 0 Å². The molecule has 2 aromatic carbocycles. The van der Waals surface area contributed by atoms with E-state index in [0.717, 1.165) is 34.8 Å².